The molecule has 3 aromatic carbocycles. The van der Waals surface area contributed by atoms with Gasteiger partial charge in [-0.1, -0.05) is 60.7 Å². The Kier molecular flexibility index (Phi) is 5.44. The van der Waals surface area contributed by atoms with Gasteiger partial charge in [0.2, 0.25) is 0 Å². The van der Waals surface area contributed by atoms with Gasteiger partial charge >= 0.3 is 0 Å². The van der Waals surface area contributed by atoms with E-state index in [2.05, 4.69) is 10.3 Å². The van der Waals surface area contributed by atoms with Gasteiger partial charge < -0.3 is 9.88 Å². The number of carbonyl (C=O) groups excluding carboxylic acids is 1. The molecule has 0 saturated carbocycles. The molecule has 30 heavy (non-hydrogen) atoms. The van der Waals surface area contributed by atoms with Crippen molar-refractivity contribution in [3.8, 4) is 0 Å². The van der Waals surface area contributed by atoms with Gasteiger partial charge in [-0.25, -0.2) is 4.98 Å². The molecule has 0 radical (unpaired) electrons. The number of aryl methyl sites for hydroxylation is 1. The van der Waals surface area contributed by atoms with Crippen LogP contribution in [0.3, 0.4) is 0 Å². The van der Waals surface area contributed by atoms with Crippen molar-refractivity contribution in [2.24, 2.45) is 0 Å². The summed E-state index contributed by atoms with van der Waals surface area (Å²) in [5.74, 6) is -0.173. The molecule has 1 atom stereocenters. The third-order valence-corrected chi connectivity index (χ3v) is 5.20. The second-order valence-electron chi connectivity index (χ2n) is 7.38. The standard InChI is InChI=1S/C25H23N3O2/c1-17(20-11-7-4-8-12-20)27-24(29)21-13-14-23-22(15-21)26-18(2)25(30)28(23)16-19-9-5-3-6-10-19/h3-15,17H,16H2,1-2H3,(H,27,29)/t17-/m1/s1. The topological polar surface area (TPSA) is 64.0 Å². The zero-order chi connectivity index (χ0) is 21.1. The Morgan fingerprint density at radius 3 is 2.37 bits per heavy atom. The minimum Gasteiger partial charge on any atom is -0.346 e. The van der Waals surface area contributed by atoms with Gasteiger partial charge in [-0.2, -0.15) is 0 Å². The molecule has 5 nitrogen and oxygen atoms in total. The smallest absolute Gasteiger partial charge is 0.272 e. The molecule has 0 aliphatic heterocycles. The minimum absolute atomic E-state index is 0.115. The summed E-state index contributed by atoms with van der Waals surface area (Å²) in [6, 6.07) is 24.8. The number of amides is 1. The molecular formula is C25H23N3O2. The molecule has 4 aromatic rings. The van der Waals surface area contributed by atoms with Crippen LogP contribution in [0.15, 0.2) is 83.7 Å². The van der Waals surface area contributed by atoms with Crippen molar-refractivity contribution in [3.05, 3.63) is 112 Å². The number of nitrogens with zero attached hydrogens (tertiary/aromatic N) is 2. The first kappa shape index (κ1) is 19.6. The van der Waals surface area contributed by atoms with Crippen molar-refractivity contribution in [3.63, 3.8) is 0 Å². The van der Waals surface area contributed by atoms with Crippen LogP contribution in [0.1, 0.15) is 40.1 Å². The fourth-order valence-corrected chi connectivity index (χ4v) is 3.54. The van der Waals surface area contributed by atoms with Crippen molar-refractivity contribution in [1.82, 2.24) is 14.9 Å². The van der Waals surface area contributed by atoms with E-state index < -0.39 is 0 Å². The maximum atomic E-state index is 12.8. The van der Waals surface area contributed by atoms with Crippen LogP contribution in [-0.2, 0) is 6.54 Å². The van der Waals surface area contributed by atoms with Crippen molar-refractivity contribution in [1.29, 1.82) is 0 Å². The van der Waals surface area contributed by atoms with Crippen LogP contribution in [0.2, 0.25) is 0 Å². The molecule has 0 aliphatic rings. The van der Waals surface area contributed by atoms with E-state index in [0.29, 0.717) is 28.8 Å². The number of carbonyl (C=O) groups is 1. The summed E-state index contributed by atoms with van der Waals surface area (Å²) in [6.07, 6.45) is 0. The highest BCUT2D eigenvalue weighted by atomic mass is 16.1. The van der Waals surface area contributed by atoms with Gasteiger partial charge in [-0.05, 0) is 43.2 Å². The van der Waals surface area contributed by atoms with Crippen molar-refractivity contribution < 1.29 is 4.79 Å². The SMILES string of the molecule is Cc1nc2cc(C(=O)N[C@H](C)c3ccccc3)ccc2n(Cc2ccccc2)c1=O. The first-order chi connectivity index (χ1) is 14.5. The molecule has 1 N–H and O–H groups in total. The predicted octanol–water partition coefficient (Wildman–Crippen LogP) is 4.24. The summed E-state index contributed by atoms with van der Waals surface area (Å²) < 4.78 is 1.71. The van der Waals surface area contributed by atoms with Crippen LogP contribution in [0.4, 0.5) is 0 Å². The van der Waals surface area contributed by atoms with Gasteiger partial charge in [-0.3, -0.25) is 9.59 Å². The summed E-state index contributed by atoms with van der Waals surface area (Å²) in [7, 11) is 0. The van der Waals surface area contributed by atoms with Crippen molar-refractivity contribution in [2.45, 2.75) is 26.4 Å². The highest BCUT2D eigenvalue weighted by Gasteiger charge is 2.14. The van der Waals surface area contributed by atoms with Gasteiger partial charge in [0.05, 0.1) is 23.6 Å². The van der Waals surface area contributed by atoms with E-state index in [1.807, 2.05) is 67.6 Å². The molecule has 1 amide bonds. The van der Waals surface area contributed by atoms with Crippen molar-refractivity contribution >= 4 is 16.9 Å². The van der Waals surface area contributed by atoms with Crippen LogP contribution < -0.4 is 10.9 Å². The van der Waals surface area contributed by atoms with E-state index in [-0.39, 0.29) is 17.5 Å². The Hall–Kier alpha value is -3.73. The number of hydrogen-bond acceptors (Lipinski definition) is 3. The third kappa shape index (κ3) is 4.01. The highest BCUT2D eigenvalue weighted by Crippen LogP contribution is 2.17. The fourth-order valence-electron chi connectivity index (χ4n) is 3.54. The van der Waals surface area contributed by atoms with Crippen LogP contribution in [0, 0.1) is 6.92 Å². The monoisotopic (exact) mass is 397 g/mol. The second kappa shape index (κ2) is 8.33. The van der Waals surface area contributed by atoms with E-state index >= 15 is 0 Å². The van der Waals surface area contributed by atoms with E-state index in [9.17, 15) is 9.59 Å². The average Bonchev–Trinajstić information content (AvgIpc) is 2.77. The lowest BCUT2D eigenvalue weighted by Gasteiger charge is -2.15. The molecule has 0 bridgehead atoms. The lowest BCUT2D eigenvalue weighted by molar-refractivity contribution is 0.0940. The fraction of sp³-hybridized carbons (Fsp3) is 0.160. The summed E-state index contributed by atoms with van der Waals surface area (Å²) >= 11 is 0. The van der Waals surface area contributed by atoms with Gasteiger partial charge in [0.1, 0.15) is 5.69 Å². The molecule has 4 rings (SSSR count). The molecule has 0 unspecified atom stereocenters. The highest BCUT2D eigenvalue weighted by molar-refractivity contribution is 5.97. The lowest BCUT2D eigenvalue weighted by atomic mass is 10.1. The lowest BCUT2D eigenvalue weighted by Crippen LogP contribution is -2.27. The largest absolute Gasteiger partial charge is 0.346 e. The Morgan fingerprint density at radius 1 is 1.00 bits per heavy atom. The summed E-state index contributed by atoms with van der Waals surface area (Å²) in [6.45, 7) is 4.11. The van der Waals surface area contributed by atoms with E-state index in [4.69, 9.17) is 0 Å². The molecule has 1 heterocycles. The van der Waals surface area contributed by atoms with Gasteiger partial charge in [0.25, 0.3) is 11.5 Å². The van der Waals surface area contributed by atoms with E-state index in [1.165, 1.54) is 0 Å². The molecule has 5 heteroatoms. The Labute approximate surface area is 175 Å². The number of aromatic nitrogens is 2. The molecule has 0 fully saturated rings. The zero-order valence-corrected chi connectivity index (χ0v) is 17.0. The Balaban J connectivity index is 1.66. The molecule has 0 aliphatic carbocycles. The summed E-state index contributed by atoms with van der Waals surface area (Å²) in [5, 5.41) is 3.02. The first-order valence-corrected chi connectivity index (χ1v) is 9.94. The quantitative estimate of drug-likeness (QED) is 0.548. The third-order valence-electron chi connectivity index (χ3n) is 5.20. The average molecular weight is 397 g/mol. The Morgan fingerprint density at radius 2 is 1.67 bits per heavy atom. The maximum Gasteiger partial charge on any atom is 0.272 e. The Bertz CT molecular complexity index is 1250. The van der Waals surface area contributed by atoms with Crippen LogP contribution in [-0.4, -0.2) is 15.5 Å². The molecule has 0 saturated heterocycles. The van der Waals surface area contributed by atoms with E-state index in [1.54, 1.807) is 29.7 Å². The molecular weight excluding hydrogens is 374 g/mol. The normalized spacial score (nSPS) is 11.9. The van der Waals surface area contributed by atoms with Crippen molar-refractivity contribution in [2.75, 3.05) is 0 Å². The number of fused-ring (bicyclic) bond motifs is 1. The molecule has 150 valence electrons. The minimum atomic E-state index is -0.173. The number of nitrogens with one attached hydrogen (secondary N) is 1. The summed E-state index contributed by atoms with van der Waals surface area (Å²) in [4.78, 5) is 30.0. The predicted molar refractivity (Wildman–Crippen MR) is 119 cm³/mol. The van der Waals surface area contributed by atoms with Gasteiger partial charge in [-0.15, -0.1) is 0 Å². The van der Waals surface area contributed by atoms with Crippen LogP contribution in [0.5, 0.6) is 0 Å². The second-order valence-corrected chi connectivity index (χ2v) is 7.38. The number of rotatable bonds is 5. The number of hydrogen-bond donors (Lipinski definition) is 1. The molecule has 0 spiro atoms. The summed E-state index contributed by atoms with van der Waals surface area (Å²) in [5.41, 5.74) is 4.21. The first-order valence-electron chi connectivity index (χ1n) is 9.94. The van der Waals surface area contributed by atoms with E-state index in [0.717, 1.165) is 11.1 Å². The number of benzene rings is 3. The van der Waals surface area contributed by atoms with Crippen LogP contribution in [0.25, 0.3) is 11.0 Å². The van der Waals surface area contributed by atoms with Gasteiger partial charge in [0, 0.05) is 5.56 Å². The maximum absolute atomic E-state index is 12.8. The molecule has 1 aromatic heterocycles. The van der Waals surface area contributed by atoms with Gasteiger partial charge in [0.15, 0.2) is 0 Å². The van der Waals surface area contributed by atoms with Crippen LogP contribution >= 0.6 is 0 Å². The zero-order valence-electron chi connectivity index (χ0n) is 17.0.